The Hall–Kier alpha value is -2.74. The summed E-state index contributed by atoms with van der Waals surface area (Å²) in [5.74, 6) is 0. The quantitative estimate of drug-likeness (QED) is 0.212. The van der Waals surface area contributed by atoms with E-state index in [1.54, 1.807) is 32.4 Å². The molecule has 2 radical (unpaired) electrons. The second kappa shape index (κ2) is 16.0. The number of fused-ring (bicyclic) bond motifs is 2. The van der Waals surface area contributed by atoms with Crippen molar-refractivity contribution in [3.05, 3.63) is 99.4 Å². The van der Waals surface area contributed by atoms with Gasteiger partial charge in [0.05, 0.1) is 12.2 Å². The van der Waals surface area contributed by atoms with Gasteiger partial charge >= 0.3 is 22.6 Å². The Balaban J connectivity index is 0.000000294. The summed E-state index contributed by atoms with van der Waals surface area (Å²) in [5.41, 5.74) is 1.16. The fourth-order valence-corrected chi connectivity index (χ4v) is 3.49. The SMILES string of the molecule is C=C1C[C@H]2C=C[CH][C@H](O2)[C@H]1OCC.[C-]#[O+].[C-]#[O+].[Mo].c1cnn([B-](n2cccn2)n2cccn2)c1. The van der Waals surface area contributed by atoms with Crippen molar-refractivity contribution in [2.75, 3.05) is 6.61 Å². The minimum Gasteiger partial charge on any atom is -0.425 e. The number of hydrogen-bond acceptors (Lipinski definition) is 5. The molecule has 2 aliphatic rings. The van der Waals surface area contributed by atoms with Gasteiger partial charge in [-0.05, 0) is 49.3 Å². The van der Waals surface area contributed by atoms with Gasteiger partial charge in [0.25, 0.3) is 7.12 Å². The second-order valence-electron chi connectivity index (χ2n) is 6.76. The van der Waals surface area contributed by atoms with E-state index in [0.29, 0.717) is 6.61 Å². The molecule has 3 aromatic heterocycles. The number of nitrogens with zero attached hydrogens (tertiary/aromatic N) is 6. The first kappa shape index (κ1) is 29.3. The molecule has 0 saturated carbocycles. The van der Waals surface area contributed by atoms with E-state index in [1.807, 2.05) is 50.1 Å². The summed E-state index contributed by atoms with van der Waals surface area (Å²) >= 11 is 0. The van der Waals surface area contributed by atoms with Crippen LogP contribution in [-0.2, 0) is 39.8 Å². The Labute approximate surface area is 213 Å². The Morgan fingerprint density at radius 1 is 1.03 bits per heavy atom. The molecule has 1 saturated heterocycles. The molecule has 1 fully saturated rings. The van der Waals surface area contributed by atoms with Crippen LogP contribution in [0.2, 0.25) is 0 Å². The zero-order valence-electron chi connectivity index (χ0n) is 18.6. The first-order chi connectivity index (χ1) is 16.3. The van der Waals surface area contributed by atoms with Gasteiger partial charge in [-0.2, -0.15) is 0 Å². The summed E-state index contributed by atoms with van der Waals surface area (Å²) in [6, 6.07) is 5.62. The van der Waals surface area contributed by atoms with E-state index in [-0.39, 0.29) is 46.5 Å². The molecule has 0 aliphatic carbocycles. The van der Waals surface area contributed by atoms with Crippen molar-refractivity contribution < 1.29 is 39.8 Å². The van der Waals surface area contributed by atoms with E-state index < -0.39 is 0 Å². The van der Waals surface area contributed by atoms with Crippen LogP contribution < -0.4 is 0 Å². The van der Waals surface area contributed by atoms with E-state index in [4.69, 9.17) is 18.8 Å². The van der Waals surface area contributed by atoms with E-state index in [1.165, 1.54) is 0 Å². The summed E-state index contributed by atoms with van der Waals surface area (Å²) in [4.78, 5) is 0. The Morgan fingerprint density at radius 2 is 1.53 bits per heavy atom. The van der Waals surface area contributed by atoms with E-state index in [0.717, 1.165) is 12.0 Å². The van der Waals surface area contributed by atoms with Crippen molar-refractivity contribution in [3.8, 4) is 0 Å². The van der Waals surface area contributed by atoms with Crippen molar-refractivity contribution in [2.24, 2.45) is 0 Å². The molecular weight excluding hydrogens is 519 g/mol. The summed E-state index contributed by atoms with van der Waals surface area (Å²) < 4.78 is 31.7. The number of ether oxygens (including phenoxy) is 2. The van der Waals surface area contributed by atoms with Gasteiger partial charge in [-0.3, -0.25) is 0 Å². The maximum Gasteiger partial charge on any atom is 0.260 e. The van der Waals surface area contributed by atoms with Crippen LogP contribution in [0.1, 0.15) is 13.3 Å². The molecule has 34 heavy (non-hydrogen) atoms. The summed E-state index contributed by atoms with van der Waals surface area (Å²) in [5, 5.41) is 12.7. The standard InChI is InChI=1S/C11H15O2.C9H9BN6.2CO.Mo/c1-3-12-11-8(2)7-9-5-4-6-10(11)13-9;1-4-11-14(7-1)10(15-8-2-5-12-15)16-9-3-6-13-16;2*1-2;/h4-6,9-11H,2-3,7H2,1H3;1-9H;;;/q;-1;;;/t9-,10+,11+;;;;/m1..../s1. The van der Waals surface area contributed by atoms with Crippen molar-refractivity contribution in [1.82, 2.24) is 29.1 Å². The molecule has 2 aliphatic heterocycles. The Bertz CT molecular complexity index is 918. The molecular formula is C22H24BMoN6O4-. The zero-order chi connectivity index (χ0) is 24.1. The molecule has 12 heteroatoms. The Kier molecular flexibility index (Phi) is 13.8. The van der Waals surface area contributed by atoms with Crippen LogP contribution in [0.3, 0.4) is 0 Å². The fourth-order valence-electron chi connectivity index (χ4n) is 3.49. The van der Waals surface area contributed by atoms with Crippen LogP contribution in [0, 0.1) is 19.7 Å². The van der Waals surface area contributed by atoms with Crippen LogP contribution in [0.4, 0.5) is 0 Å². The predicted octanol–water partition coefficient (Wildman–Crippen LogP) is 2.01. The maximum atomic E-state index is 7.50. The average Bonchev–Trinajstić information content (AvgIpc) is 3.65. The van der Waals surface area contributed by atoms with E-state index >= 15 is 0 Å². The third-order valence-corrected chi connectivity index (χ3v) is 4.75. The molecule has 0 spiro atoms. The van der Waals surface area contributed by atoms with Gasteiger partial charge < -0.3 is 23.3 Å². The van der Waals surface area contributed by atoms with Crippen LogP contribution in [0.5, 0.6) is 0 Å². The molecule has 5 heterocycles. The van der Waals surface area contributed by atoms with Crippen LogP contribution >= 0.6 is 0 Å². The smallest absolute Gasteiger partial charge is 0.260 e. The number of aromatic nitrogens is 6. The van der Waals surface area contributed by atoms with Gasteiger partial charge in [0.2, 0.25) is 0 Å². The fraction of sp³-hybridized carbons (Fsp3) is 0.273. The number of hydrogen-bond donors (Lipinski definition) is 0. The molecule has 0 amide bonds. The molecule has 0 N–H and O–H groups in total. The molecule has 0 unspecified atom stereocenters. The third-order valence-electron chi connectivity index (χ3n) is 4.75. The minimum absolute atomic E-state index is 0. The van der Waals surface area contributed by atoms with Crippen molar-refractivity contribution in [3.63, 3.8) is 0 Å². The van der Waals surface area contributed by atoms with Crippen LogP contribution in [0.15, 0.2) is 79.7 Å². The van der Waals surface area contributed by atoms with Gasteiger partial charge in [0.1, 0.15) is 6.10 Å². The van der Waals surface area contributed by atoms with Gasteiger partial charge in [-0.25, -0.2) is 15.3 Å². The molecule has 0 aromatic carbocycles. The van der Waals surface area contributed by atoms with Gasteiger partial charge in [0.15, 0.2) is 0 Å². The summed E-state index contributed by atoms with van der Waals surface area (Å²) in [7, 11) is -0.194. The molecule has 5 rings (SSSR count). The van der Waals surface area contributed by atoms with Crippen molar-refractivity contribution in [1.29, 1.82) is 0 Å². The van der Waals surface area contributed by atoms with Crippen molar-refractivity contribution >= 4 is 7.12 Å². The maximum absolute atomic E-state index is 7.50. The van der Waals surface area contributed by atoms with Gasteiger partial charge in [-0.1, -0.05) is 18.7 Å². The summed E-state index contributed by atoms with van der Waals surface area (Å²) in [6.07, 6.45) is 18.3. The molecule has 2 bridgehead atoms. The van der Waals surface area contributed by atoms with Gasteiger partial charge in [-0.15, -0.1) is 0 Å². The Morgan fingerprint density at radius 3 is 1.94 bits per heavy atom. The van der Waals surface area contributed by atoms with Gasteiger partial charge in [0, 0.05) is 59.1 Å². The van der Waals surface area contributed by atoms with E-state index in [9.17, 15) is 0 Å². The van der Waals surface area contributed by atoms with E-state index in [2.05, 4.69) is 47.3 Å². The first-order valence-corrected chi connectivity index (χ1v) is 10.1. The summed E-state index contributed by atoms with van der Waals surface area (Å²) in [6.45, 7) is 15.7. The number of rotatable bonds is 5. The topological polar surface area (TPSA) is 112 Å². The van der Waals surface area contributed by atoms with Crippen LogP contribution in [0.25, 0.3) is 0 Å². The molecule has 176 valence electrons. The largest absolute Gasteiger partial charge is 0.425 e. The molecule has 3 aromatic rings. The first-order valence-electron chi connectivity index (χ1n) is 10.1. The second-order valence-corrected chi connectivity index (χ2v) is 6.76. The van der Waals surface area contributed by atoms with Crippen LogP contribution in [-0.4, -0.2) is 61.1 Å². The molecule has 10 nitrogen and oxygen atoms in total. The molecule has 3 atom stereocenters. The van der Waals surface area contributed by atoms with Crippen molar-refractivity contribution in [2.45, 2.75) is 31.7 Å². The monoisotopic (exact) mass is 545 g/mol. The average molecular weight is 543 g/mol. The normalized spacial score (nSPS) is 19.8. The predicted molar refractivity (Wildman–Crippen MR) is 118 cm³/mol. The minimum atomic E-state index is -0.194. The third kappa shape index (κ3) is 7.65. The zero-order valence-corrected chi connectivity index (χ0v) is 20.6.